The third kappa shape index (κ3) is 6.45. The highest BCUT2D eigenvalue weighted by Crippen LogP contribution is 2.36. The van der Waals surface area contributed by atoms with E-state index in [0.717, 1.165) is 16.0 Å². The van der Waals surface area contributed by atoms with Crippen LogP contribution in [0.1, 0.15) is 33.1 Å². The molecule has 7 heteroatoms. The molecule has 0 spiro atoms. The van der Waals surface area contributed by atoms with E-state index in [4.69, 9.17) is 11.6 Å². The van der Waals surface area contributed by atoms with E-state index in [1.807, 2.05) is 44.2 Å². The highest BCUT2D eigenvalue weighted by Gasteiger charge is 2.35. The van der Waals surface area contributed by atoms with Gasteiger partial charge in [-0.05, 0) is 55.8 Å². The zero-order valence-electron chi connectivity index (χ0n) is 19.9. The van der Waals surface area contributed by atoms with Gasteiger partial charge in [0.2, 0.25) is 10.0 Å². The molecule has 0 aliphatic rings. The first-order valence-electron chi connectivity index (χ1n) is 11.4. The van der Waals surface area contributed by atoms with Crippen molar-refractivity contribution in [3.05, 3.63) is 130 Å². The third-order valence-electron chi connectivity index (χ3n) is 5.75. The van der Waals surface area contributed by atoms with Crippen LogP contribution < -0.4 is 4.72 Å². The number of ketones is 1. The molecule has 0 aliphatic heterocycles. The van der Waals surface area contributed by atoms with Gasteiger partial charge in [-0.2, -0.15) is 0 Å². The number of carbonyl (C=O) groups excluding carboxylic acids is 1. The van der Waals surface area contributed by atoms with E-state index < -0.39 is 21.3 Å². The topological polar surface area (TPSA) is 63.2 Å². The Kier molecular flexibility index (Phi) is 8.32. The number of benzene rings is 4. The van der Waals surface area contributed by atoms with Crippen LogP contribution in [-0.2, 0) is 10.0 Å². The Bertz CT molecular complexity index is 1420. The number of thioether (sulfide) groups is 1. The standard InChI is InChI=1S/C29H26ClNO3S2/c1-20-8-16-25(17-9-20)35-29(28(32)23-6-4-3-5-7-23)27(22-12-14-24(30)15-13-22)31-36(33,34)26-18-10-21(2)11-19-26/h3-19,27,29,31H,1-2H3/t27-,29-/m1/s1. The molecule has 36 heavy (non-hydrogen) atoms. The Balaban J connectivity index is 1.81. The summed E-state index contributed by atoms with van der Waals surface area (Å²) in [6.07, 6.45) is 0. The minimum absolute atomic E-state index is 0.137. The van der Waals surface area contributed by atoms with Gasteiger partial charge in [0.05, 0.1) is 16.2 Å². The monoisotopic (exact) mass is 535 g/mol. The average Bonchev–Trinajstić information content (AvgIpc) is 2.88. The van der Waals surface area contributed by atoms with Crippen molar-refractivity contribution >= 4 is 39.2 Å². The summed E-state index contributed by atoms with van der Waals surface area (Å²) in [6, 6.07) is 29.5. The van der Waals surface area contributed by atoms with Gasteiger partial charge < -0.3 is 0 Å². The Morgan fingerprint density at radius 3 is 1.92 bits per heavy atom. The Morgan fingerprint density at radius 1 is 0.778 bits per heavy atom. The molecule has 4 nitrogen and oxygen atoms in total. The maximum Gasteiger partial charge on any atom is 0.241 e. The third-order valence-corrected chi connectivity index (χ3v) is 8.74. The molecule has 0 saturated carbocycles. The highest BCUT2D eigenvalue weighted by atomic mass is 35.5. The lowest BCUT2D eigenvalue weighted by Crippen LogP contribution is -2.39. The summed E-state index contributed by atoms with van der Waals surface area (Å²) in [6.45, 7) is 3.89. The lowest BCUT2D eigenvalue weighted by atomic mass is 9.98. The fraction of sp³-hybridized carbons (Fsp3) is 0.138. The van der Waals surface area contributed by atoms with Gasteiger partial charge >= 0.3 is 0 Å². The molecule has 4 aromatic rings. The number of Topliss-reactive ketones (excluding diaryl/α,β-unsaturated/α-hetero) is 1. The lowest BCUT2D eigenvalue weighted by molar-refractivity contribution is 0.0979. The number of aryl methyl sites for hydroxylation is 2. The predicted molar refractivity (Wildman–Crippen MR) is 147 cm³/mol. The van der Waals surface area contributed by atoms with E-state index in [0.29, 0.717) is 16.1 Å². The van der Waals surface area contributed by atoms with Crippen LogP contribution in [0.4, 0.5) is 0 Å². The van der Waals surface area contributed by atoms with Gasteiger partial charge in [-0.25, -0.2) is 13.1 Å². The van der Waals surface area contributed by atoms with Crippen molar-refractivity contribution in [3.8, 4) is 0 Å². The highest BCUT2D eigenvalue weighted by molar-refractivity contribution is 8.00. The van der Waals surface area contributed by atoms with Crippen molar-refractivity contribution < 1.29 is 13.2 Å². The summed E-state index contributed by atoms with van der Waals surface area (Å²) in [5.74, 6) is -0.173. The number of hydrogen-bond acceptors (Lipinski definition) is 4. The van der Waals surface area contributed by atoms with Gasteiger partial charge in [-0.15, -0.1) is 11.8 Å². The fourth-order valence-corrected chi connectivity index (χ4v) is 6.37. The second-order valence-electron chi connectivity index (χ2n) is 8.55. The molecule has 0 saturated heterocycles. The molecular formula is C29H26ClNO3S2. The van der Waals surface area contributed by atoms with Gasteiger partial charge in [0, 0.05) is 15.5 Å². The maximum atomic E-state index is 13.9. The first-order valence-corrected chi connectivity index (χ1v) is 14.1. The van der Waals surface area contributed by atoms with Crippen molar-refractivity contribution in [2.75, 3.05) is 0 Å². The van der Waals surface area contributed by atoms with E-state index in [1.165, 1.54) is 11.8 Å². The fourth-order valence-electron chi connectivity index (χ4n) is 3.73. The van der Waals surface area contributed by atoms with Crippen LogP contribution in [0.15, 0.2) is 113 Å². The number of halogens is 1. The summed E-state index contributed by atoms with van der Waals surface area (Å²) in [4.78, 5) is 14.9. The Morgan fingerprint density at radius 2 is 1.33 bits per heavy atom. The molecule has 1 N–H and O–H groups in total. The van der Waals surface area contributed by atoms with E-state index in [1.54, 1.807) is 72.8 Å². The number of rotatable bonds is 9. The van der Waals surface area contributed by atoms with E-state index in [2.05, 4.69) is 4.72 Å². The molecule has 0 amide bonds. The Labute approximate surface area is 221 Å². The van der Waals surface area contributed by atoms with E-state index in [9.17, 15) is 13.2 Å². The summed E-state index contributed by atoms with van der Waals surface area (Å²) in [5.41, 5.74) is 3.20. The van der Waals surface area contributed by atoms with Gasteiger partial charge in [0.15, 0.2) is 5.78 Å². The molecule has 0 fully saturated rings. The van der Waals surface area contributed by atoms with Crippen molar-refractivity contribution in [1.29, 1.82) is 0 Å². The van der Waals surface area contributed by atoms with Crippen molar-refractivity contribution in [2.45, 2.75) is 34.9 Å². The van der Waals surface area contributed by atoms with Crippen LogP contribution >= 0.6 is 23.4 Å². The molecule has 4 aromatic carbocycles. The van der Waals surface area contributed by atoms with Crippen LogP contribution in [0, 0.1) is 13.8 Å². The molecule has 4 rings (SSSR count). The molecule has 0 aliphatic carbocycles. The van der Waals surface area contributed by atoms with Gasteiger partial charge in [-0.3, -0.25) is 4.79 Å². The van der Waals surface area contributed by atoms with Crippen LogP contribution in [0.2, 0.25) is 5.02 Å². The van der Waals surface area contributed by atoms with Crippen LogP contribution in [0.3, 0.4) is 0 Å². The minimum atomic E-state index is -3.94. The van der Waals surface area contributed by atoms with Crippen LogP contribution in [-0.4, -0.2) is 19.5 Å². The molecule has 2 atom stereocenters. The summed E-state index contributed by atoms with van der Waals surface area (Å²) in [7, 11) is -3.94. The average molecular weight is 536 g/mol. The molecular weight excluding hydrogens is 510 g/mol. The largest absolute Gasteiger partial charge is 0.293 e. The molecule has 0 aromatic heterocycles. The molecule has 0 bridgehead atoms. The quantitative estimate of drug-likeness (QED) is 0.185. The van der Waals surface area contributed by atoms with E-state index >= 15 is 0 Å². The molecule has 0 radical (unpaired) electrons. The number of nitrogens with one attached hydrogen (secondary N) is 1. The number of carbonyl (C=O) groups is 1. The zero-order chi connectivity index (χ0) is 25.7. The smallest absolute Gasteiger partial charge is 0.241 e. The maximum absolute atomic E-state index is 13.9. The summed E-state index contributed by atoms with van der Waals surface area (Å²) < 4.78 is 29.8. The van der Waals surface area contributed by atoms with E-state index in [-0.39, 0.29) is 10.7 Å². The van der Waals surface area contributed by atoms with Crippen molar-refractivity contribution in [1.82, 2.24) is 4.72 Å². The minimum Gasteiger partial charge on any atom is -0.293 e. The van der Waals surface area contributed by atoms with Gasteiger partial charge in [0.1, 0.15) is 0 Å². The second kappa shape index (κ2) is 11.4. The predicted octanol–water partition coefficient (Wildman–Crippen LogP) is 7.02. The van der Waals surface area contributed by atoms with Gasteiger partial charge in [0.25, 0.3) is 0 Å². The summed E-state index contributed by atoms with van der Waals surface area (Å²) >= 11 is 7.47. The van der Waals surface area contributed by atoms with Crippen molar-refractivity contribution in [3.63, 3.8) is 0 Å². The van der Waals surface area contributed by atoms with Crippen LogP contribution in [0.5, 0.6) is 0 Å². The summed E-state index contributed by atoms with van der Waals surface area (Å²) in [5, 5.41) is -0.257. The SMILES string of the molecule is Cc1ccc(S[C@@H](C(=O)c2ccccc2)[C@H](NS(=O)(=O)c2ccc(C)cc2)c2ccc(Cl)cc2)cc1. The van der Waals surface area contributed by atoms with Crippen molar-refractivity contribution in [2.24, 2.45) is 0 Å². The molecule has 0 unspecified atom stereocenters. The Hall–Kier alpha value is -2.90. The molecule has 184 valence electrons. The van der Waals surface area contributed by atoms with Crippen LogP contribution in [0.25, 0.3) is 0 Å². The lowest BCUT2D eigenvalue weighted by Gasteiger charge is -2.27. The number of hydrogen-bond donors (Lipinski definition) is 1. The number of sulfonamides is 1. The first kappa shape index (κ1) is 26.2. The first-order chi connectivity index (χ1) is 17.2. The normalized spacial score (nSPS) is 13.2. The van der Waals surface area contributed by atoms with Gasteiger partial charge in [-0.1, -0.05) is 89.5 Å². The zero-order valence-corrected chi connectivity index (χ0v) is 22.3. The second-order valence-corrected chi connectivity index (χ2v) is 11.9. The molecule has 0 heterocycles.